The molecule has 1 rings (SSSR count). The number of aliphatic hydroxyl groups excluding tert-OH is 1. The van der Waals surface area contributed by atoms with Crippen LogP contribution in [-0.4, -0.2) is 18.3 Å². The largest absolute Gasteiger partial charge is 0.493 e. The van der Waals surface area contributed by atoms with Crippen LogP contribution in [0.5, 0.6) is 5.75 Å². The van der Waals surface area contributed by atoms with Crippen LogP contribution >= 0.6 is 11.6 Å². The van der Waals surface area contributed by atoms with Crippen molar-refractivity contribution in [2.75, 3.05) is 13.2 Å². The first-order chi connectivity index (χ1) is 7.74. The van der Waals surface area contributed by atoms with Crippen molar-refractivity contribution >= 4 is 11.6 Å². The van der Waals surface area contributed by atoms with Gasteiger partial charge in [0, 0.05) is 12.7 Å². The molecule has 16 heavy (non-hydrogen) atoms. The van der Waals surface area contributed by atoms with Crippen molar-refractivity contribution in [3.05, 3.63) is 29.0 Å². The van der Waals surface area contributed by atoms with Crippen LogP contribution in [0.3, 0.4) is 0 Å². The molecule has 0 heterocycles. The predicted octanol–water partition coefficient (Wildman–Crippen LogP) is 3.41. The van der Waals surface area contributed by atoms with Crippen molar-refractivity contribution in [1.82, 2.24) is 0 Å². The zero-order valence-electron chi connectivity index (χ0n) is 9.09. The van der Waals surface area contributed by atoms with E-state index in [4.69, 9.17) is 21.4 Å². The highest BCUT2D eigenvalue weighted by Crippen LogP contribution is 2.20. The third-order valence-corrected chi connectivity index (χ3v) is 2.52. The minimum Gasteiger partial charge on any atom is -0.493 e. The van der Waals surface area contributed by atoms with Crippen LogP contribution in [0.15, 0.2) is 18.2 Å². The fourth-order valence-corrected chi connectivity index (χ4v) is 1.44. The molecule has 0 atom stereocenters. The lowest BCUT2D eigenvalue weighted by Gasteiger charge is -2.06. The molecule has 0 saturated heterocycles. The standard InChI is InChI=1S/C12H16ClFO2/c13-11-6-5-10(9-12(11)14)16-8-4-2-1-3-7-15/h5-6,9,15H,1-4,7-8H2. The smallest absolute Gasteiger partial charge is 0.145 e. The van der Waals surface area contributed by atoms with Gasteiger partial charge in [0.1, 0.15) is 11.6 Å². The van der Waals surface area contributed by atoms with E-state index in [0.29, 0.717) is 12.4 Å². The number of unbranched alkanes of at least 4 members (excludes halogenated alkanes) is 3. The topological polar surface area (TPSA) is 29.5 Å². The van der Waals surface area contributed by atoms with Gasteiger partial charge in [-0.05, 0) is 31.4 Å². The van der Waals surface area contributed by atoms with Crippen molar-refractivity contribution in [3.8, 4) is 5.75 Å². The number of rotatable bonds is 7. The summed E-state index contributed by atoms with van der Waals surface area (Å²) in [4.78, 5) is 0. The Balaban J connectivity index is 2.19. The van der Waals surface area contributed by atoms with Crippen molar-refractivity contribution in [1.29, 1.82) is 0 Å². The molecule has 1 aromatic rings. The van der Waals surface area contributed by atoms with Crippen LogP contribution in [0.2, 0.25) is 5.02 Å². The van der Waals surface area contributed by atoms with Crippen LogP contribution in [0.4, 0.5) is 4.39 Å². The van der Waals surface area contributed by atoms with Gasteiger partial charge in [-0.1, -0.05) is 18.0 Å². The molecule has 0 bridgehead atoms. The minimum atomic E-state index is -0.459. The second-order valence-corrected chi connectivity index (χ2v) is 3.97. The SMILES string of the molecule is OCCCCCCOc1ccc(Cl)c(F)c1. The van der Waals surface area contributed by atoms with Crippen molar-refractivity contribution in [2.45, 2.75) is 25.7 Å². The quantitative estimate of drug-likeness (QED) is 0.747. The first-order valence-electron chi connectivity index (χ1n) is 5.43. The lowest BCUT2D eigenvalue weighted by atomic mass is 10.2. The monoisotopic (exact) mass is 246 g/mol. The summed E-state index contributed by atoms with van der Waals surface area (Å²) < 4.78 is 18.4. The molecule has 1 aromatic carbocycles. The lowest BCUT2D eigenvalue weighted by molar-refractivity contribution is 0.273. The Hall–Kier alpha value is -0.800. The molecule has 0 aromatic heterocycles. The zero-order chi connectivity index (χ0) is 11.8. The summed E-state index contributed by atoms with van der Waals surface area (Å²) in [6, 6.07) is 4.42. The number of halogens is 2. The molecule has 0 aliphatic rings. The van der Waals surface area contributed by atoms with E-state index < -0.39 is 5.82 Å². The number of ether oxygens (including phenoxy) is 1. The minimum absolute atomic E-state index is 0.107. The summed E-state index contributed by atoms with van der Waals surface area (Å²) in [5.41, 5.74) is 0. The summed E-state index contributed by atoms with van der Waals surface area (Å²) in [5.74, 6) is 0.0449. The van der Waals surface area contributed by atoms with Crippen LogP contribution < -0.4 is 4.74 Å². The summed E-state index contributed by atoms with van der Waals surface area (Å²) in [7, 11) is 0. The number of benzene rings is 1. The third kappa shape index (κ3) is 4.81. The van der Waals surface area contributed by atoms with Gasteiger partial charge in [-0.15, -0.1) is 0 Å². The second kappa shape index (κ2) is 7.47. The van der Waals surface area contributed by atoms with E-state index in [2.05, 4.69) is 0 Å². The predicted molar refractivity (Wildman–Crippen MR) is 62.5 cm³/mol. The van der Waals surface area contributed by atoms with Gasteiger partial charge >= 0.3 is 0 Å². The van der Waals surface area contributed by atoms with Crippen LogP contribution in [0.25, 0.3) is 0 Å². The van der Waals surface area contributed by atoms with Gasteiger partial charge in [0.15, 0.2) is 0 Å². The molecule has 0 radical (unpaired) electrons. The summed E-state index contributed by atoms with van der Waals surface area (Å²) in [6.45, 7) is 0.801. The van der Waals surface area contributed by atoms with E-state index in [0.717, 1.165) is 25.7 Å². The molecule has 0 amide bonds. The fourth-order valence-electron chi connectivity index (χ4n) is 1.32. The van der Waals surface area contributed by atoms with E-state index >= 15 is 0 Å². The van der Waals surface area contributed by atoms with E-state index in [1.165, 1.54) is 12.1 Å². The van der Waals surface area contributed by atoms with Crippen molar-refractivity contribution in [2.24, 2.45) is 0 Å². The van der Waals surface area contributed by atoms with Gasteiger partial charge in [-0.3, -0.25) is 0 Å². The number of aliphatic hydroxyl groups is 1. The maximum atomic E-state index is 13.0. The normalized spacial score (nSPS) is 10.4. The van der Waals surface area contributed by atoms with Gasteiger partial charge in [0.05, 0.1) is 11.6 Å². The molecular weight excluding hydrogens is 231 g/mol. The summed E-state index contributed by atoms with van der Waals surface area (Å²) in [5, 5.41) is 8.68. The molecule has 1 N–H and O–H groups in total. The van der Waals surface area contributed by atoms with E-state index in [9.17, 15) is 4.39 Å². The Labute approximate surface area is 100.0 Å². The Morgan fingerprint density at radius 1 is 1.19 bits per heavy atom. The highest BCUT2D eigenvalue weighted by molar-refractivity contribution is 6.30. The molecule has 0 fully saturated rings. The maximum Gasteiger partial charge on any atom is 0.145 e. The molecule has 0 aliphatic heterocycles. The highest BCUT2D eigenvalue weighted by atomic mass is 35.5. The number of hydrogen-bond donors (Lipinski definition) is 1. The summed E-state index contributed by atoms with van der Waals surface area (Å²) in [6.07, 6.45) is 3.74. The van der Waals surface area contributed by atoms with Crippen molar-refractivity contribution in [3.63, 3.8) is 0 Å². The Morgan fingerprint density at radius 3 is 2.62 bits per heavy atom. The van der Waals surface area contributed by atoms with Crippen LogP contribution in [0, 0.1) is 5.82 Å². The van der Waals surface area contributed by atoms with Gasteiger partial charge in [-0.25, -0.2) is 4.39 Å². The lowest BCUT2D eigenvalue weighted by Crippen LogP contribution is -1.98. The average Bonchev–Trinajstić information content (AvgIpc) is 2.28. The Morgan fingerprint density at radius 2 is 1.94 bits per heavy atom. The molecule has 0 saturated carbocycles. The third-order valence-electron chi connectivity index (χ3n) is 2.21. The molecule has 4 heteroatoms. The van der Waals surface area contributed by atoms with Gasteiger partial charge in [0.2, 0.25) is 0 Å². The summed E-state index contributed by atoms with van der Waals surface area (Å²) >= 11 is 5.54. The van der Waals surface area contributed by atoms with Gasteiger partial charge in [-0.2, -0.15) is 0 Å². The van der Waals surface area contributed by atoms with E-state index in [1.54, 1.807) is 6.07 Å². The zero-order valence-corrected chi connectivity index (χ0v) is 9.84. The molecular formula is C12H16ClFO2. The fraction of sp³-hybridized carbons (Fsp3) is 0.500. The average molecular weight is 247 g/mol. The molecule has 90 valence electrons. The highest BCUT2D eigenvalue weighted by Gasteiger charge is 2.01. The first kappa shape index (κ1) is 13.3. The van der Waals surface area contributed by atoms with E-state index in [-0.39, 0.29) is 11.6 Å². The van der Waals surface area contributed by atoms with Gasteiger partial charge in [0.25, 0.3) is 0 Å². The van der Waals surface area contributed by atoms with Crippen LogP contribution in [0.1, 0.15) is 25.7 Å². The maximum absolute atomic E-state index is 13.0. The Kier molecular flexibility index (Phi) is 6.19. The van der Waals surface area contributed by atoms with Gasteiger partial charge < -0.3 is 9.84 Å². The first-order valence-corrected chi connectivity index (χ1v) is 5.80. The van der Waals surface area contributed by atoms with Crippen LogP contribution in [-0.2, 0) is 0 Å². The van der Waals surface area contributed by atoms with Crippen molar-refractivity contribution < 1.29 is 14.2 Å². The molecule has 0 spiro atoms. The molecule has 2 nitrogen and oxygen atoms in total. The van der Waals surface area contributed by atoms with E-state index in [1.807, 2.05) is 0 Å². The Bertz CT molecular complexity index is 318. The number of hydrogen-bond acceptors (Lipinski definition) is 2. The second-order valence-electron chi connectivity index (χ2n) is 3.56. The molecule has 0 unspecified atom stereocenters. The molecule has 0 aliphatic carbocycles.